The van der Waals surface area contributed by atoms with Crippen molar-refractivity contribution in [3.05, 3.63) is 48.0 Å². The first-order valence-electron chi connectivity index (χ1n) is 8.74. The number of unbranched alkanes of at least 4 members (excludes halogenated alkanes) is 3. The Kier molecular flexibility index (Phi) is 4.61. The van der Waals surface area contributed by atoms with Crippen LogP contribution in [0.25, 0.3) is 11.1 Å². The fourth-order valence-electron chi connectivity index (χ4n) is 3.65. The van der Waals surface area contributed by atoms with Crippen molar-refractivity contribution in [3.63, 3.8) is 0 Å². The summed E-state index contributed by atoms with van der Waals surface area (Å²) in [6.45, 7) is 4.60. The SMILES string of the molecule is CCCCCCC1(C)Nc2ccccc2-c2cc(OC)ccc21. The molecule has 0 saturated carbocycles. The van der Waals surface area contributed by atoms with Crippen molar-refractivity contribution >= 4 is 5.69 Å². The standard InChI is InChI=1S/C21H27NO/c1-4-5-6-9-14-21(2)19-13-12-16(23-3)15-18(19)17-10-7-8-11-20(17)22-21/h7-8,10-13,15,22H,4-6,9,14H2,1-3H3. The Balaban J connectivity index is 1.99. The maximum absolute atomic E-state index is 5.46. The van der Waals surface area contributed by atoms with E-state index in [2.05, 4.69) is 61.6 Å². The summed E-state index contributed by atoms with van der Waals surface area (Å²) in [5.74, 6) is 0.925. The first-order chi connectivity index (χ1) is 11.2. The predicted octanol–water partition coefficient (Wildman–Crippen LogP) is 5.97. The molecule has 0 aromatic heterocycles. The average molecular weight is 309 g/mol. The summed E-state index contributed by atoms with van der Waals surface area (Å²) in [7, 11) is 1.73. The highest BCUT2D eigenvalue weighted by atomic mass is 16.5. The van der Waals surface area contributed by atoms with Crippen LogP contribution in [-0.2, 0) is 5.54 Å². The molecule has 0 fully saturated rings. The molecule has 0 bridgehead atoms. The molecule has 2 heteroatoms. The third-order valence-electron chi connectivity index (χ3n) is 4.98. The molecule has 0 saturated heterocycles. The zero-order chi connectivity index (χ0) is 16.3. The van der Waals surface area contributed by atoms with Gasteiger partial charge in [0.2, 0.25) is 0 Å². The Morgan fingerprint density at radius 1 is 1.00 bits per heavy atom. The van der Waals surface area contributed by atoms with E-state index in [0.29, 0.717) is 0 Å². The second-order valence-electron chi connectivity index (χ2n) is 6.72. The van der Waals surface area contributed by atoms with Crippen molar-refractivity contribution in [2.75, 3.05) is 12.4 Å². The molecule has 122 valence electrons. The molecule has 1 N–H and O–H groups in total. The second kappa shape index (κ2) is 6.66. The van der Waals surface area contributed by atoms with E-state index in [-0.39, 0.29) is 5.54 Å². The molecule has 1 aliphatic heterocycles. The van der Waals surface area contributed by atoms with Gasteiger partial charge in [-0.25, -0.2) is 0 Å². The summed E-state index contributed by atoms with van der Waals surface area (Å²) in [5.41, 5.74) is 5.17. The van der Waals surface area contributed by atoms with E-state index >= 15 is 0 Å². The van der Waals surface area contributed by atoms with Crippen LogP contribution in [-0.4, -0.2) is 7.11 Å². The number of methoxy groups -OCH3 is 1. The highest BCUT2D eigenvalue weighted by Gasteiger charge is 2.33. The van der Waals surface area contributed by atoms with Gasteiger partial charge in [-0.05, 0) is 42.7 Å². The number of nitrogens with one attached hydrogen (secondary N) is 1. The maximum Gasteiger partial charge on any atom is 0.119 e. The number of rotatable bonds is 6. The minimum atomic E-state index is -0.0102. The zero-order valence-corrected chi connectivity index (χ0v) is 14.5. The minimum Gasteiger partial charge on any atom is -0.497 e. The molecule has 2 aromatic rings. The van der Waals surface area contributed by atoms with E-state index in [1.807, 2.05) is 0 Å². The summed E-state index contributed by atoms with van der Waals surface area (Å²) in [6.07, 6.45) is 6.31. The van der Waals surface area contributed by atoms with Crippen molar-refractivity contribution < 1.29 is 4.74 Å². The summed E-state index contributed by atoms with van der Waals surface area (Å²) in [6, 6.07) is 15.1. The van der Waals surface area contributed by atoms with Gasteiger partial charge in [0.15, 0.2) is 0 Å². The predicted molar refractivity (Wildman–Crippen MR) is 98.2 cm³/mol. The van der Waals surface area contributed by atoms with Gasteiger partial charge in [0.25, 0.3) is 0 Å². The highest BCUT2D eigenvalue weighted by molar-refractivity contribution is 5.85. The van der Waals surface area contributed by atoms with Gasteiger partial charge in [-0.2, -0.15) is 0 Å². The first-order valence-corrected chi connectivity index (χ1v) is 8.74. The molecular formula is C21H27NO. The summed E-state index contributed by atoms with van der Waals surface area (Å²) < 4.78 is 5.46. The van der Waals surface area contributed by atoms with Crippen molar-refractivity contribution in [2.24, 2.45) is 0 Å². The second-order valence-corrected chi connectivity index (χ2v) is 6.72. The average Bonchev–Trinajstić information content (AvgIpc) is 2.58. The van der Waals surface area contributed by atoms with Crippen LogP contribution in [0.3, 0.4) is 0 Å². The van der Waals surface area contributed by atoms with Crippen molar-refractivity contribution in [1.29, 1.82) is 0 Å². The monoisotopic (exact) mass is 309 g/mol. The normalized spacial score (nSPS) is 18.7. The largest absolute Gasteiger partial charge is 0.497 e. The van der Waals surface area contributed by atoms with Crippen LogP contribution in [0.2, 0.25) is 0 Å². The van der Waals surface area contributed by atoms with E-state index in [4.69, 9.17) is 4.74 Å². The van der Waals surface area contributed by atoms with Crippen LogP contribution in [0.1, 0.15) is 51.5 Å². The number of anilines is 1. The molecule has 2 aromatic carbocycles. The Morgan fingerprint density at radius 2 is 1.83 bits per heavy atom. The molecule has 1 heterocycles. The lowest BCUT2D eigenvalue weighted by Crippen LogP contribution is -2.35. The molecule has 0 aliphatic carbocycles. The molecule has 1 atom stereocenters. The van der Waals surface area contributed by atoms with Crippen molar-refractivity contribution in [1.82, 2.24) is 0 Å². The topological polar surface area (TPSA) is 21.3 Å². The Hall–Kier alpha value is -1.96. The van der Waals surface area contributed by atoms with Crippen LogP contribution in [0.15, 0.2) is 42.5 Å². The third-order valence-corrected chi connectivity index (χ3v) is 4.98. The molecular weight excluding hydrogens is 282 g/mol. The summed E-state index contributed by atoms with van der Waals surface area (Å²) in [4.78, 5) is 0. The number of benzene rings is 2. The minimum absolute atomic E-state index is 0.0102. The fourth-order valence-corrected chi connectivity index (χ4v) is 3.65. The van der Waals surface area contributed by atoms with Gasteiger partial charge in [0.1, 0.15) is 5.75 Å². The lowest BCUT2D eigenvalue weighted by Gasteiger charge is -2.39. The number of fused-ring (bicyclic) bond motifs is 3. The molecule has 0 amide bonds. The molecule has 2 nitrogen and oxygen atoms in total. The van der Waals surface area contributed by atoms with Gasteiger partial charge in [-0.15, -0.1) is 0 Å². The molecule has 0 radical (unpaired) electrons. The molecule has 0 spiro atoms. The molecule has 1 aliphatic rings. The molecule has 3 rings (SSSR count). The van der Waals surface area contributed by atoms with Gasteiger partial charge in [-0.3, -0.25) is 0 Å². The summed E-state index contributed by atoms with van der Waals surface area (Å²) in [5, 5.41) is 3.80. The van der Waals surface area contributed by atoms with Crippen LogP contribution < -0.4 is 10.1 Å². The third kappa shape index (κ3) is 3.08. The number of para-hydroxylation sites is 1. The molecule has 23 heavy (non-hydrogen) atoms. The van der Waals surface area contributed by atoms with Gasteiger partial charge in [-0.1, -0.05) is 56.9 Å². The van der Waals surface area contributed by atoms with Gasteiger partial charge in [0.05, 0.1) is 12.6 Å². The van der Waals surface area contributed by atoms with Crippen molar-refractivity contribution in [2.45, 2.75) is 51.5 Å². The Morgan fingerprint density at radius 3 is 2.61 bits per heavy atom. The Labute approximate surface area is 139 Å². The zero-order valence-electron chi connectivity index (χ0n) is 14.5. The lowest BCUT2D eigenvalue weighted by atomic mass is 9.78. The van der Waals surface area contributed by atoms with E-state index in [1.54, 1.807) is 7.11 Å². The summed E-state index contributed by atoms with van der Waals surface area (Å²) >= 11 is 0. The van der Waals surface area contributed by atoms with Gasteiger partial charge in [0, 0.05) is 11.3 Å². The number of hydrogen-bond donors (Lipinski definition) is 1. The first kappa shape index (κ1) is 15.9. The number of ether oxygens (including phenoxy) is 1. The fraction of sp³-hybridized carbons (Fsp3) is 0.429. The van der Waals surface area contributed by atoms with Crippen LogP contribution in [0.4, 0.5) is 5.69 Å². The van der Waals surface area contributed by atoms with E-state index in [0.717, 1.165) is 12.2 Å². The van der Waals surface area contributed by atoms with Gasteiger partial charge < -0.3 is 10.1 Å². The highest BCUT2D eigenvalue weighted by Crippen LogP contribution is 2.46. The van der Waals surface area contributed by atoms with Crippen LogP contribution in [0, 0.1) is 0 Å². The van der Waals surface area contributed by atoms with E-state index < -0.39 is 0 Å². The van der Waals surface area contributed by atoms with E-state index in [1.165, 1.54) is 48.1 Å². The van der Waals surface area contributed by atoms with Crippen molar-refractivity contribution in [3.8, 4) is 16.9 Å². The number of hydrogen-bond acceptors (Lipinski definition) is 2. The van der Waals surface area contributed by atoms with Crippen LogP contribution in [0.5, 0.6) is 5.75 Å². The maximum atomic E-state index is 5.46. The Bertz CT molecular complexity index is 679. The van der Waals surface area contributed by atoms with Crippen LogP contribution >= 0.6 is 0 Å². The quantitative estimate of drug-likeness (QED) is 0.663. The van der Waals surface area contributed by atoms with Gasteiger partial charge >= 0.3 is 0 Å². The van der Waals surface area contributed by atoms with E-state index in [9.17, 15) is 0 Å². The lowest BCUT2D eigenvalue weighted by molar-refractivity contribution is 0.413. The smallest absolute Gasteiger partial charge is 0.119 e. The molecule has 1 unspecified atom stereocenters.